The molecule has 0 amide bonds. The standard InChI is InChI=1S/C5H5N3O2.Na/c6-4-2-1-3(5(9)10)7-8-4;/h1-2H,(H2,6,8)(H,9,10);/q;+1/p-1. The number of nitrogen functional groups attached to an aromatic ring is 1. The summed E-state index contributed by atoms with van der Waals surface area (Å²) in [5.41, 5.74) is 4.93. The van der Waals surface area contributed by atoms with Crippen LogP contribution in [0.3, 0.4) is 0 Å². The Morgan fingerprint density at radius 3 is 2.45 bits per heavy atom. The second-order valence-corrected chi connectivity index (χ2v) is 1.63. The minimum Gasteiger partial charge on any atom is -0.543 e. The molecule has 0 aliphatic heterocycles. The Bertz CT molecular complexity index is 248. The summed E-state index contributed by atoms with van der Waals surface area (Å²) in [4.78, 5) is 10.1. The third kappa shape index (κ3) is 2.83. The Labute approximate surface area is 84.9 Å². The molecule has 0 bridgehead atoms. The van der Waals surface area contributed by atoms with E-state index in [-0.39, 0.29) is 41.1 Å². The number of carboxylic acid groups (broad SMARTS) is 1. The van der Waals surface area contributed by atoms with Gasteiger partial charge in [-0.2, -0.15) is 0 Å². The van der Waals surface area contributed by atoms with Crippen LogP contribution in [0.5, 0.6) is 0 Å². The second-order valence-electron chi connectivity index (χ2n) is 1.63. The molecule has 0 saturated heterocycles. The van der Waals surface area contributed by atoms with Crippen molar-refractivity contribution in [1.29, 1.82) is 0 Å². The summed E-state index contributed by atoms with van der Waals surface area (Å²) in [6.07, 6.45) is 0. The van der Waals surface area contributed by atoms with Gasteiger partial charge in [0.2, 0.25) is 0 Å². The SMILES string of the molecule is Nc1ccc(C(=O)[O-])nn1.[Na+]. The average molecular weight is 161 g/mol. The van der Waals surface area contributed by atoms with E-state index in [0.717, 1.165) is 0 Å². The van der Waals surface area contributed by atoms with E-state index in [0.29, 0.717) is 0 Å². The minimum absolute atomic E-state index is 0. The van der Waals surface area contributed by atoms with Gasteiger partial charge >= 0.3 is 29.6 Å². The number of aromatic carboxylic acids is 1. The summed E-state index contributed by atoms with van der Waals surface area (Å²) < 4.78 is 0. The fraction of sp³-hybridized carbons (Fsp3) is 0. The number of rotatable bonds is 1. The van der Waals surface area contributed by atoms with Crippen LogP contribution in [-0.2, 0) is 0 Å². The third-order valence-corrected chi connectivity index (χ3v) is 0.894. The summed E-state index contributed by atoms with van der Waals surface area (Å²) in [7, 11) is 0. The summed E-state index contributed by atoms with van der Waals surface area (Å²) in [6, 6.07) is 2.58. The van der Waals surface area contributed by atoms with Crippen LogP contribution in [0.2, 0.25) is 0 Å². The molecule has 0 fully saturated rings. The zero-order valence-corrected chi connectivity index (χ0v) is 7.94. The van der Waals surface area contributed by atoms with Crippen molar-refractivity contribution in [2.75, 3.05) is 5.73 Å². The van der Waals surface area contributed by atoms with Gasteiger partial charge < -0.3 is 15.6 Å². The van der Waals surface area contributed by atoms with Gasteiger partial charge in [-0.15, -0.1) is 10.2 Å². The topological polar surface area (TPSA) is 91.9 Å². The number of nitrogens with zero attached hydrogens (tertiary/aromatic N) is 2. The maximum Gasteiger partial charge on any atom is 1.00 e. The molecule has 52 valence electrons. The normalized spacial score (nSPS) is 8.36. The molecule has 1 heterocycles. The smallest absolute Gasteiger partial charge is 0.543 e. The van der Waals surface area contributed by atoms with E-state index in [1.54, 1.807) is 0 Å². The number of carboxylic acids is 1. The molecule has 0 saturated carbocycles. The molecular weight excluding hydrogens is 157 g/mol. The number of hydrogen-bond donors (Lipinski definition) is 1. The van der Waals surface area contributed by atoms with Gasteiger partial charge in [-0.05, 0) is 12.1 Å². The summed E-state index contributed by atoms with van der Waals surface area (Å²) in [5.74, 6) is -1.17. The predicted octanol–water partition coefficient (Wildman–Crippen LogP) is -4.57. The molecule has 0 unspecified atom stereocenters. The van der Waals surface area contributed by atoms with Crippen molar-refractivity contribution in [2.45, 2.75) is 0 Å². The van der Waals surface area contributed by atoms with Crippen LogP contribution < -0.4 is 40.4 Å². The molecule has 1 aromatic heterocycles. The van der Waals surface area contributed by atoms with E-state index in [9.17, 15) is 9.90 Å². The predicted molar refractivity (Wildman–Crippen MR) is 30.8 cm³/mol. The first-order chi connectivity index (χ1) is 4.70. The molecule has 0 aliphatic carbocycles. The first kappa shape index (κ1) is 10.3. The van der Waals surface area contributed by atoms with E-state index < -0.39 is 5.97 Å². The van der Waals surface area contributed by atoms with Gasteiger partial charge in [0.1, 0.15) is 11.5 Å². The molecule has 1 rings (SSSR count). The maximum absolute atomic E-state index is 10.1. The molecule has 0 aromatic carbocycles. The van der Waals surface area contributed by atoms with Gasteiger partial charge in [0.05, 0.1) is 5.97 Å². The number of nitrogens with two attached hydrogens (primary N) is 1. The Kier molecular flexibility index (Phi) is 4.02. The van der Waals surface area contributed by atoms with Crippen molar-refractivity contribution in [2.24, 2.45) is 0 Å². The van der Waals surface area contributed by atoms with Gasteiger partial charge in [-0.1, -0.05) is 0 Å². The van der Waals surface area contributed by atoms with Crippen molar-refractivity contribution in [3.63, 3.8) is 0 Å². The monoisotopic (exact) mass is 161 g/mol. The Morgan fingerprint density at radius 2 is 2.09 bits per heavy atom. The maximum atomic E-state index is 10.1. The third-order valence-electron chi connectivity index (χ3n) is 0.894. The summed E-state index contributed by atoms with van der Waals surface area (Å²) in [5, 5.41) is 16.6. The van der Waals surface area contributed by atoms with Gasteiger partial charge in [0.15, 0.2) is 0 Å². The Balaban J connectivity index is 0.000001000. The van der Waals surface area contributed by atoms with Crippen LogP contribution in [-0.4, -0.2) is 16.2 Å². The van der Waals surface area contributed by atoms with Crippen LogP contribution in [0.25, 0.3) is 0 Å². The van der Waals surface area contributed by atoms with E-state index >= 15 is 0 Å². The van der Waals surface area contributed by atoms with E-state index in [1.807, 2.05) is 0 Å². The van der Waals surface area contributed by atoms with Crippen LogP contribution in [0.15, 0.2) is 12.1 Å². The van der Waals surface area contributed by atoms with Crippen molar-refractivity contribution in [3.8, 4) is 0 Å². The number of hydrogen-bond acceptors (Lipinski definition) is 5. The van der Waals surface area contributed by atoms with Crippen LogP contribution in [0.4, 0.5) is 5.82 Å². The largest absolute Gasteiger partial charge is 1.00 e. The molecule has 5 nitrogen and oxygen atoms in total. The fourth-order valence-electron chi connectivity index (χ4n) is 0.451. The zero-order valence-electron chi connectivity index (χ0n) is 5.94. The van der Waals surface area contributed by atoms with Crippen LogP contribution in [0, 0.1) is 0 Å². The van der Waals surface area contributed by atoms with Gasteiger partial charge in [0, 0.05) is 0 Å². The molecule has 11 heavy (non-hydrogen) atoms. The van der Waals surface area contributed by atoms with E-state index in [2.05, 4.69) is 10.2 Å². The summed E-state index contributed by atoms with van der Waals surface area (Å²) in [6.45, 7) is 0. The average Bonchev–Trinajstić information content (AvgIpc) is 1.88. The number of carbonyl (C=O) groups is 1. The van der Waals surface area contributed by atoms with Crippen molar-refractivity contribution >= 4 is 11.8 Å². The summed E-state index contributed by atoms with van der Waals surface area (Å²) >= 11 is 0. The molecule has 2 N–H and O–H groups in total. The first-order valence-electron chi connectivity index (χ1n) is 2.50. The molecule has 0 aliphatic rings. The van der Waals surface area contributed by atoms with Crippen molar-refractivity contribution in [3.05, 3.63) is 17.8 Å². The zero-order chi connectivity index (χ0) is 7.56. The van der Waals surface area contributed by atoms with Crippen molar-refractivity contribution in [1.82, 2.24) is 10.2 Å². The van der Waals surface area contributed by atoms with Crippen molar-refractivity contribution < 1.29 is 39.5 Å². The molecule has 6 heteroatoms. The van der Waals surface area contributed by atoms with Crippen LogP contribution in [0.1, 0.15) is 10.5 Å². The van der Waals surface area contributed by atoms with Crippen LogP contribution >= 0.6 is 0 Å². The van der Waals surface area contributed by atoms with Gasteiger partial charge in [-0.3, -0.25) is 0 Å². The number of carbonyl (C=O) groups excluding carboxylic acids is 1. The molecule has 0 radical (unpaired) electrons. The molecule has 1 aromatic rings. The van der Waals surface area contributed by atoms with Gasteiger partial charge in [-0.25, -0.2) is 0 Å². The fourth-order valence-corrected chi connectivity index (χ4v) is 0.451. The molecule has 0 spiro atoms. The van der Waals surface area contributed by atoms with E-state index in [1.165, 1.54) is 12.1 Å². The number of anilines is 1. The second kappa shape index (κ2) is 4.27. The number of aromatic nitrogens is 2. The minimum atomic E-state index is -1.35. The molecular formula is C5H4N3NaO2. The first-order valence-corrected chi connectivity index (χ1v) is 2.50. The van der Waals surface area contributed by atoms with Gasteiger partial charge in [0.25, 0.3) is 0 Å². The molecule has 0 atom stereocenters. The quantitative estimate of drug-likeness (QED) is 0.418. The van der Waals surface area contributed by atoms with E-state index in [4.69, 9.17) is 5.73 Å². The Hall–Kier alpha value is -0.650. The Morgan fingerprint density at radius 1 is 1.45 bits per heavy atom.